The van der Waals surface area contributed by atoms with Gasteiger partial charge in [0.25, 0.3) is 0 Å². The van der Waals surface area contributed by atoms with Gasteiger partial charge in [0.2, 0.25) is 5.91 Å². The highest BCUT2D eigenvalue weighted by molar-refractivity contribution is 6.35. The first-order valence-electron chi connectivity index (χ1n) is 7.29. The lowest BCUT2D eigenvalue weighted by Gasteiger charge is -2.41. The molecule has 1 atom stereocenters. The molecule has 0 aliphatic heterocycles. The van der Waals surface area contributed by atoms with E-state index in [2.05, 4.69) is 0 Å². The van der Waals surface area contributed by atoms with Crippen LogP contribution in [0.25, 0.3) is 0 Å². The van der Waals surface area contributed by atoms with Crippen molar-refractivity contribution >= 4 is 29.1 Å². The van der Waals surface area contributed by atoms with Gasteiger partial charge in [0.15, 0.2) is 0 Å². The van der Waals surface area contributed by atoms with Crippen molar-refractivity contribution in [3.8, 4) is 0 Å². The molecule has 0 aromatic heterocycles. The summed E-state index contributed by atoms with van der Waals surface area (Å²) in [5.74, 6) is 0.124. The molecule has 0 saturated heterocycles. The SMILES string of the molecule is CC(c1ccc(Cl)cc1Cl)N(C)C(=O)CC1(CN)CCC1. The molecule has 1 fully saturated rings. The van der Waals surface area contributed by atoms with Gasteiger partial charge >= 0.3 is 0 Å². The van der Waals surface area contributed by atoms with Gasteiger partial charge in [-0.15, -0.1) is 0 Å². The van der Waals surface area contributed by atoms with Gasteiger partial charge in [-0.25, -0.2) is 0 Å². The zero-order chi connectivity index (χ0) is 15.6. The fourth-order valence-corrected chi connectivity index (χ4v) is 3.41. The summed E-state index contributed by atoms with van der Waals surface area (Å²) in [6, 6.07) is 5.30. The largest absolute Gasteiger partial charge is 0.339 e. The minimum atomic E-state index is -0.0860. The molecule has 3 nitrogen and oxygen atoms in total. The molecule has 0 spiro atoms. The molecule has 1 amide bonds. The Bertz CT molecular complexity index is 523. The number of rotatable bonds is 5. The molecule has 5 heteroatoms. The molecule has 2 N–H and O–H groups in total. The molecule has 1 aliphatic carbocycles. The van der Waals surface area contributed by atoms with Crippen LogP contribution in [0.2, 0.25) is 10.0 Å². The lowest BCUT2D eigenvalue weighted by atomic mass is 9.66. The van der Waals surface area contributed by atoms with Crippen molar-refractivity contribution in [1.82, 2.24) is 4.90 Å². The molecule has 116 valence electrons. The highest BCUT2D eigenvalue weighted by atomic mass is 35.5. The first-order valence-corrected chi connectivity index (χ1v) is 8.05. The number of benzene rings is 1. The van der Waals surface area contributed by atoms with Crippen molar-refractivity contribution in [1.29, 1.82) is 0 Å². The molecule has 21 heavy (non-hydrogen) atoms. The van der Waals surface area contributed by atoms with Gasteiger partial charge in [0.1, 0.15) is 0 Å². The Morgan fingerprint density at radius 2 is 2.10 bits per heavy atom. The number of nitrogens with two attached hydrogens (primary N) is 1. The van der Waals surface area contributed by atoms with Gasteiger partial charge in [-0.3, -0.25) is 4.79 Å². The smallest absolute Gasteiger partial charge is 0.223 e. The normalized spacial score (nSPS) is 18.0. The third-order valence-electron chi connectivity index (χ3n) is 4.76. The van der Waals surface area contributed by atoms with E-state index < -0.39 is 0 Å². The number of carbonyl (C=O) groups excluding carboxylic acids is 1. The standard InChI is InChI=1S/C16H22Cl2N2O/c1-11(13-5-4-12(17)8-14(13)18)20(2)15(21)9-16(10-19)6-3-7-16/h4-5,8,11H,3,6-7,9-10,19H2,1-2H3. The summed E-state index contributed by atoms with van der Waals surface area (Å²) in [4.78, 5) is 14.3. The zero-order valence-electron chi connectivity index (χ0n) is 12.5. The fraction of sp³-hybridized carbons (Fsp3) is 0.562. The Balaban J connectivity index is 2.07. The summed E-state index contributed by atoms with van der Waals surface area (Å²) >= 11 is 12.1. The van der Waals surface area contributed by atoms with Crippen LogP contribution in [-0.4, -0.2) is 24.4 Å². The van der Waals surface area contributed by atoms with E-state index in [4.69, 9.17) is 28.9 Å². The van der Waals surface area contributed by atoms with E-state index in [1.54, 1.807) is 17.0 Å². The van der Waals surface area contributed by atoms with E-state index in [-0.39, 0.29) is 17.4 Å². The van der Waals surface area contributed by atoms with Gasteiger partial charge in [-0.2, -0.15) is 0 Å². The Morgan fingerprint density at radius 3 is 2.57 bits per heavy atom. The summed E-state index contributed by atoms with van der Waals surface area (Å²) in [5.41, 5.74) is 6.77. The molecule has 1 aliphatic rings. The molecule has 0 radical (unpaired) electrons. The van der Waals surface area contributed by atoms with Crippen molar-refractivity contribution in [2.45, 2.75) is 38.6 Å². The average molecular weight is 329 g/mol. The minimum absolute atomic E-state index is 0.0227. The summed E-state index contributed by atoms with van der Waals surface area (Å²) in [6.07, 6.45) is 3.81. The molecule has 2 rings (SSSR count). The lowest BCUT2D eigenvalue weighted by Crippen LogP contribution is -2.42. The lowest BCUT2D eigenvalue weighted by molar-refractivity contribution is -0.135. The maximum atomic E-state index is 12.5. The predicted octanol–water partition coefficient (Wildman–Crippen LogP) is 4.03. The second-order valence-electron chi connectivity index (χ2n) is 6.08. The summed E-state index contributed by atoms with van der Waals surface area (Å²) < 4.78 is 0. The van der Waals surface area contributed by atoms with Crippen molar-refractivity contribution in [2.75, 3.05) is 13.6 Å². The number of hydrogen-bond acceptors (Lipinski definition) is 2. The second kappa shape index (κ2) is 6.55. The highest BCUT2D eigenvalue weighted by Crippen LogP contribution is 2.43. The van der Waals surface area contributed by atoms with E-state index in [9.17, 15) is 4.79 Å². The minimum Gasteiger partial charge on any atom is -0.339 e. The van der Waals surface area contributed by atoms with Crippen LogP contribution < -0.4 is 5.73 Å². The number of amides is 1. The van der Waals surface area contributed by atoms with E-state index in [1.165, 1.54) is 6.42 Å². The van der Waals surface area contributed by atoms with E-state index >= 15 is 0 Å². The third-order valence-corrected chi connectivity index (χ3v) is 5.32. The van der Waals surface area contributed by atoms with Crippen LogP contribution in [0.4, 0.5) is 0 Å². The first-order chi connectivity index (χ1) is 9.88. The first kappa shape index (κ1) is 16.6. The maximum absolute atomic E-state index is 12.5. The Hall–Kier alpha value is -0.770. The Kier molecular flexibility index (Phi) is 5.18. The molecule has 1 aromatic carbocycles. The van der Waals surface area contributed by atoms with Crippen molar-refractivity contribution in [3.63, 3.8) is 0 Å². The van der Waals surface area contributed by atoms with Crippen LogP contribution in [0.1, 0.15) is 44.2 Å². The summed E-state index contributed by atoms with van der Waals surface area (Å²) in [7, 11) is 1.82. The van der Waals surface area contributed by atoms with Gasteiger partial charge in [-0.05, 0) is 49.4 Å². The summed E-state index contributed by atoms with van der Waals surface area (Å²) in [6.45, 7) is 2.56. The molecule has 1 aromatic rings. The monoisotopic (exact) mass is 328 g/mol. The highest BCUT2D eigenvalue weighted by Gasteiger charge is 2.38. The quantitative estimate of drug-likeness (QED) is 0.886. The average Bonchev–Trinajstić information content (AvgIpc) is 2.41. The Labute approximate surface area is 136 Å². The van der Waals surface area contributed by atoms with Crippen LogP contribution in [0.15, 0.2) is 18.2 Å². The van der Waals surface area contributed by atoms with Gasteiger partial charge in [-0.1, -0.05) is 35.7 Å². The van der Waals surface area contributed by atoms with E-state index in [0.717, 1.165) is 18.4 Å². The van der Waals surface area contributed by atoms with Crippen molar-refractivity contribution in [2.24, 2.45) is 11.1 Å². The van der Waals surface area contributed by atoms with E-state index in [0.29, 0.717) is 23.0 Å². The van der Waals surface area contributed by atoms with Crippen LogP contribution in [-0.2, 0) is 4.79 Å². The van der Waals surface area contributed by atoms with Crippen LogP contribution in [0, 0.1) is 5.41 Å². The number of nitrogens with zero attached hydrogens (tertiary/aromatic N) is 1. The molecule has 1 saturated carbocycles. The molecule has 1 unspecified atom stereocenters. The van der Waals surface area contributed by atoms with Gasteiger partial charge in [0, 0.05) is 23.5 Å². The van der Waals surface area contributed by atoms with Crippen molar-refractivity contribution in [3.05, 3.63) is 33.8 Å². The molecular formula is C16H22Cl2N2O. The summed E-state index contributed by atoms with van der Waals surface area (Å²) in [5, 5.41) is 1.19. The maximum Gasteiger partial charge on any atom is 0.223 e. The molecule has 0 heterocycles. The predicted molar refractivity (Wildman–Crippen MR) is 87.6 cm³/mol. The zero-order valence-corrected chi connectivity index (χ0v) is 14.0. The van der Waals surface area contributed by atoms with Crippen LogP contribution >= 0.6 is 23.2 Å². The van der Waals surface area contributed by atoms with Crippen LogP contribution in [0.3, 0.4) is 0 Å². The van der Waals surface area contributed by atoms with E-state index in [1.807, 2.05) is 20.0 Å². The van der Waals surface area contributed by atoms with Crippen LogP contribution in [0.5, 0.6) is 0 Å². The fourth-order valence-electron chi connectivity index (χ4n) is 2.84. The van der Waals surface area contributed by atoms with Gasteiger partial charge in [0.05, 0.1) is 6.04 Å². The number of halogens is 2. The van der Waals surface area contributed by atoms with Gasteiger partial charge < -0.3 is 10.6 Å². The number of carbonyl (C=O) groups is 1. The topological polar surface area (TPSA) is 46.3 Å². The number of hydrogen-bond donors (Lipinski definition) is 1. The third kappa shape index (κ3) is 3.53. The van der Waals surface area contributed by atoms with Crippen molar-refractivity contribution < 1.29 is 4.79 Å². The molecule has 0 bridgehead atoms. The Morgan fingerprint density at radius 1 is 1.43 bits per heavy atom. The molecular weight excluding hydrogens is 307 g/mol. The second-order valence-corrected chi connectivity index (χ2v) is 6.92.